The standard InChI is InChI=1S/C12H11BrFNO3/c1-18-11-9(14)8(13)5-7(10(11)17)12(15-6-16)3-2-4-12/h5,17H,2-4H2,1H3. The lowest BCUT2D eigenvalue weighted by atomic mass is 9.72. The van der Waals surface area contributed by atoms with Crippen LogP contribution in [0.1, 0.15) is 24.8 Å². The van der Waals surface area contributed by atoms with E-state index in [0.717, 1.165) is 6.42 Å². The number of carbonyl (C=O) groups excluding carboxylic acids is 1. The third-order valence-electron chi connectivity index (χ3n) is 3.30. The van der Waals surface area contributed by atoms with E-state index >= 15 is 0 Å². The molecule has 0 atom stereocenters. The van der Waals surface area contributed by atoms with Gasteiger partial charge in [0, 0.05) is 5.56 Å². The number of phenolic OH excluding ortho intramolecular Hbond substituents is 1. The van der Waals surface area contributed by atoms with Crippen LogP contribution in [0, 0.1) is 5.82 Å². The summed E-state index contributed by atoms with van der Waals surface area (Å²) in [6.07, 6.45) is 3.66. The van der Waals surface area contributed by atoms with Gasteiger partial charge >= 0.3 is 0 Å². The molecule has 18 heavy (non-hydrogen) atoms. The summed E-state index contributed by atoms with van der Waals surface area (Å²) in [6, 6.07) is 1.44. The van der Waals surface area contributed by atoms with E-state index in [2.05, 4.69) is 20.9 Å². The largest absolute Gasteiger partial charge is 0.504 e. The molecule has 1 aliphatic carbocycles. The summed E-state index contributed by atoms with van der Waals surface area (Å²) >= 11 is 3.06. The van der Waals surface area contributed by atoms with Gasteiger partial charge in [-0.05, 0) is 41.3 Å². The first-order valence-electron chi connectivity index (χ1n) is 5.40. The van der Waals surface area contributed by atoms with E-state index in [9.17, 15) is 14.3 Å². The first-order chi connectivity index (χ1) is 8.55. The molecule has 1 fully saturated rings. The zero-order valence-electron chi connectivity index (χ0n) is 9.67. The summed E-state index contributed by atoms with van der Waals surface area (Å²) < 4.78 is 18.7. The molecule has 1 aliphatic rings. The van der Waals surface area contributed by atoms with Crippen molar-refractivity contribution in [3.05, 3.63) is 21.9 Å². The lowest BCUT2D eigenvalue weighted by Crippen LogP contribution is -2.32. The molecular formula is C12H11BrFNO3. The van der Waals surface area contributed by atoms with Crippen LogP contribution >= 0.6 is 15.9 Å². The molecule has 1 saturated carbocycles. The van der Waals surface area contributed by atoms with Crippen LogP contribution in [0.3, 0.4) is 0 Å². The molecule has 2 rings (SSSR count). The number of hydrogen-bond donors (Lipinski definition) is 1. The summed E-state index contributed by atoms with van der Waals surface area (Å²) in [6.45, 7) is 0. The van der Waals surface area contributed by atoms with Crippen molar-refractivity contribution in [2.24, 2.45) is 4.99 Å². The van der Waals surface area contributed by atoms with Gasteiger partial charge in [0.1, 0.15) is 5.54 Å². The van der Waals surface area contributed by atoms with Crippen LogP contribution in [-0.2, 0) is 10.3 Å². The summed E-state index contributed by atoms with van der Waals surface area (Å²) in [5.41, 5.74) is -0.405. The Labute approximate surface area is 112 Å². The highest BCUT2D eigenvalue weighted by Crippen LogP contribution is 2.51. The Morgan fingerprint density at radius 1 is 1.61 bits per heavy atom. The predicted molar refractivity (Wildman–Crippen MR) is 66.0 cm³/mol. The topological polar surface area (TPSA) is 58.9 Å². The first-order valence-corrected chi connectivity index (χ1v) is 6.19. The van der Waals surface area contributed by atoms with Crippen LogP contribution in [-0.4, -0.2) is 18.3 Å². The van der Waals surface area contributed by atoms with Gasteiger partial charge in [-0.15, -0.1) is 0 Å². The number of rotatable bonds is 3. The van der Waals surface area contributed by atoms with E-state index in [-0.39, 0.29) is 16.0 Å². The average Bonchev–Trinajstić information content (AvgIpc) is 2.30. The van der Waals surface area contributed by atoms with Crippen molar-refractivity contribution in [3.8, 4) is 11.5 Å². The van der Waals surface area contributed by atoms with Crippen molar-refractivity contribution in [3.63, 3.8) is 0 Å². The fourth-order valence-electron chi connectivity index (χ4n) is 2.17. The summed E-state index contributed by atoms with van der Waals surface area (Å²) in [5.74, 6) is -1.23. The van der Waals surface area contributed by atoms with Crippen molar-refractivity contribution in [1.82, 2.24) is 0 Å². The number of nitrogens with zero attached hydrogens (tertiary/aromatic N) is 1. The van der Waals surface area contributed by atoms with Gasteiger partial charge in [-0.2, -0.15) is 4.99 Å². The average molecular weight is 316 g/mol. The molecule has 0 unspecified atom stereocenters. The molecule has 0 amide bonds. The predicted octanol–water partition coefficient (Wildman–Crippen LogP) is 3.02. The maximum Gasteiger partial charge on any atom is 0.235 e. The minimum atomic E-state index is -0.796. The van der Waals surface area contributed by atoms with Gasteiger partial charge in [-0.1, -0.05) is 0 Å². The second kappa shape index (κ2) is 4.71. The number of isocyanates is 1. The van der Waals surface area contributed by atoms with Gasteiger partial charge in [-0.3, -0.25) is 0 Å². The second-order valence-electron chi connectivity index (χ2n) is 4.19. The molecule has 0 heterocycles. The van der Waals surface area contributed by atoms with E-state index in [0.29, 0.717) is 18.4 Å². The number of phenols is 1. The minimum Gasteiger partial charge on any atom is -0.504 e. The number of methoxy groups -OCH3 is 1. The van der Waals surface area contributed by atoms with Crippen LogP contribution in [0.25, 0.3) is 0 Å². The van der Waals surface area contributed by atoms with Crippen molar-refractivity contribution < 1.29 is 19.0 Å². The van der Waals surface area contributed by atoms with Gasteiger partial charge in [0.05, 0.1) is 11.6 Å². The number of aliphatic imine (C=N–C) groups is 1. The zero-order valence-corrected chi connectivity index (χ0v) is 11.3. The highest BCUT2D eigenvalue weighted by Gasteiger charge is 2.42. The van der Waals surface area contributed by atoms with Crippen molar-refractivity contribution in [2.45, 2.75) is 24.8 Å². The third kappa shape index (κ3) is 1.82. The number of benzene rings is 1. The lowest BCUT2D eigenvalue weighted by molar-refractivity contribution is 0.243. The Kier molecular flexibility index (Phi) is 3.41. The SMILES string of the molecule is COc1c(O)c(C2(N=C=O)CCC2)cc(Br)c1F. The zero-order chi connectivity index (χ0) is 13.3. The second-order valence-corrected chi connectivity index (χ2v) is 5.04. The number of hydrogen-bond acceptors (Lipinski definition) is 4. The van der Waals surface area contributed by atoms with Gasteiger partial charge in [-0.25, -0.2) is 9.18 Å². The van der Waals surface area contributed by atoms with E-state index in [1.54, 1.807) is 0 Å². The fourth-order valence-corrected chi connectivity index (χ4v) is 2.58. The molecule has 96 valence electrons. The smallest absolute Gasteiger partial charge is 0.235 e. The first kappa shape index (κ1) is 13.1. The molecule has 0 saturated heterocycles. The Bertz CT molecular complexity index is 537. The van der Waals surface area contributed by atoms with Crippen LogP contribution < -0.4 is 4.74 Å². The van der Waals surface area contributed by atoms with E-state index in [1.165, 1.54) is 19.3 Å². The number of ether oxygens (including phenoxy) is 1. The summed E-state index contributed by atoms with van der Waals surface area (Å²) in [4.78, 5) is 14.3. The van der Waals surface area contributed by atoms with Crippen LogP contribution in [0.5, 0.6) is 11.5 Å². The van der Waals surface area contributed by atoms with Gasteiger partial charge in [0.25, 0.3) is 0 Å². The van der Waals surface area contributed by atoms with E-state index in [1.807, 2.05) is 0 Å². The maximum absolute atomic E-state index is 13.7. The molecule has 0 spiro atoms. The molecule has 0 bridgehead atoms. The number of aromatic hydroxyl groups is 1. The maximum atomic E-state index is 13.7. The fraction of sp³-hybridized carbons (Fsp3) is 0.417. The summed E-state index contributed by atoms with van der Waals surface area (Å²) in [7, 11) is 1.27. The minimum absolute atomic E-state index is 0.166. The van der Waals surface area contributed by atoms with Gasteiger partial charge < -0.3 is 9.84 Å². The lowest BCUT2D eigenvalue weighted by Gasteiger charge is -2.37. The molecule has 1 N–H and O–H groups in total. The molecule has 0 aliphatic heterocycles. The van der Waals surface area contributed by atoms with E-state index in [4.69, 9.17) is 4.74 Å². The van der Waals surface area contributed by atoms with Crippen molar-refractivity contribution in [1.29, 1.82) is 0 Å². The Morgan fingerprint density at radius 2 is 2.28 bits per heavy atom. The summed E-state index contributed by atoms with van der Waals surface area (Å²) in [5, 5.41) is 10.0. The monoisotopic (exact) mass is 315 g/mol. The number of halogens is 2. The Morgan fingerprint density at radius 3 is 2.72 bits per heavy atom. The van der Waals surface area contributed by atoms with Gasteiger partial charge in [0.2, 0.25) is 6.08 Å². The molecule has 6 heteroatoms. The van der Waals surface area contributed by atoms with Crippen LogP contribution in [0.15, 0.2) is 15.5 Å². The van der Waals surface area contributed by atoms with E-state index < -0.39 is 11.4 Å². The highest BCUT2D eigenvalue weighted by molar-refractivity contribution is 9.10. The molecule has 1 aromatic carbocycles. The Balaban J connectivity index is 2.64. The quantitative estimate of drug-likeness (QED) is 0.689. The normalized spacial score (nSPS) is 16.6. The van der Waals surface area contributed by atoms with Crippen LogP contribution in [0.2, 0.25) is 0 Å². The van der Waals surface area contributed by atoms with Gasteiger partial charge in [0.15, 0.2) is 17.3 Å². The van der Waals surface area contributed by atoms with Crippen molar-refractivity contribution >= 4 is 22.0 Å². The molecule has 1 aromatic rings. The van der Waals surface area contributed by atoms with Crippen LogP contribution in [0.4, 0.5) is 4.39 Å². The molecule has 0 aromatic heterocycles. The highest BCUT2D eigenvalue weighted by atomic mass is 79.9. The molecule has 4 nitrogen and oxygen atoms in total. The third-order valence-corrected chi connectivity index (χ3v) is 3.87. The Hall–Kier alpha value is -1.39. The molecular weight excluding hydrogens is 305 g/mol. The molecule has 0 radical (unpaired) electrons. The van der Waals surface area contributed by atoms with Crippen molar-refractivity contribution in [2.75, 3.05) is 7.11 Å².